The lowest BCUT2D eigenvalue weighted by Crippen LogP contribution is -2.23. The molecule has 0 atom stereocenters. The van der Waals surface area contributed by atoms with E-state index in [-0.39, 0.29) is 16.1 Å². The van der Waals surface area contributed by atoms with Crippen LogP contribution in [0.4, 0.5) is 5.69 Å². The fraction of sp³-hybridized carbons (Fsp3) is 0.0667. The van der Waals surface area contributed by atoms with E-state index in [1.807, 2.05) is 4.72 Å². The Morgan fingerprint density at radius 2 is 1.72 bits per heavy atom. The number of hydrogen-bond acceptors (Lipinski definition) is 6. The van der Waals surface area contributed by atoms with E-state index in [4.69, 9.17) is 5.39 Å². The summed E-state index contributed by atoms with van der Waals surface area (Å²) < 4.78 is 26.4. The Bertz CT molecular complexity index is 974. The van der Waals surface area contributed by atoms with Crippen LogP contribution in [0.25, 0.3) is 10.7 Å². The Morgan fingerprint density at radius 3 is 2.20 bits per heavy atom. The average molecular weight is 361 g/mol. The summed E-state index contributed by atoms with van der Waals surface area (Å²) in [5, 5.41) is 29.7. The largest absolute Gasteiger partial charge is 0.488 e. The summed E-state index contributed by atoms with van der Waals surface area (Å²) in [5.41, 5.74) is 0.249. The predicted molar refractivity (Wildman–Crippen MR) is 89.2 cm³/mol. The lowest BCUT2D eigenvalue weighted by molar-refractivity contribution is -0.384. The van der Waals surface area contributed by atoms with E-state index in [1.165, 1.54) is 24.3 Å². The molecule has 2 aromatic rings. The summed E-state index contributed by atoms with van der Waals surface area (Å²) in [4.78, 5) is 12.8. The monoisotopic (exact) mass is 361 g/mol. The van der Waals surface area contributed by atoms with Gasteiger partial charge in [-0.2, -0.15) is 0 Å². The van der Waals surface area contributed by atoms with E-state index < -0.39 is 26.5 Å². The third-order valence-electron chi connectivity index (χ3n) is 3.24. The number of non-ortho nitro benzene ring substituents is 1. The zero-order valence-electron chi connectivity index (χ0n) is 12.9. The van der Waals surface area contributed by atoms with Crippen molar-refractivity contribution in [1.29, 1.82) is 5.39 Å². The molecule has 2 N–H and O–H groups in total. The fourth-order valence-electron chi connectivity index (χ4n) is 1.93. The van der Waals surface area contributed by atoms with Gasteiger partial charge < -0.3 is 5.11 Å². The number of benzene rings is 2. The number of nitrogens with zero attached hydrogens (tertiary/aromatic N) is 3. The molecule has 0 amide bonds. The van der Waals surface area contributed by atoms with E-state index in [0.717, 1.165) is 17.7 Å². The van der Waals surface area contributed by atoms with Gasteiger partial charge in [0.2, 0.25) is 5.39 Å². The van der Waals surface area contributed by atoms with Crippen LogP contribution in [0.15, 0.2) is 59.3 Å². The van der Waals surface area contributed by atoms with Gasteiger partial charge in [0.1, 0.15) is 0 Å². The van der Waals surface area contributed by atoms with Crippen molar-refractivity contribution in [2.24, 2.45) is 0 Å². The maximum absolute atomic E-state index is 12.2. The molecular formula is C15H13N4O5S+. The second-order valence-electron chi connectivity index (χ2n) is 5.02. The molecular weight excluding hydrogens is 348 g/mol. The van der Waals surface area contributed by atoms with E-state index in [9.17, 15) is 23.6 Å². The van der Waals surface area contributed by atoms with E-state index in [2.05, 4.69) is 4.98 Å². The number of sulfonamides is 1. The summed E-state index contributed by atoms with van der Waals surface area (Å²) in [5.74, 6) is -0.920. The molecule has 128 valence electrons. The van der Waals surface area contributed by atoms with Gasteiger partial charge >= 0.3 is 5.70 Å². The first kappa shape index (κ1) is 17.9. The quantitative estimate of drug-likeness (QED) is 0.363. The molecule has 0 heterocycles. The van der Waals surface area contributed by atoms with Gasteiger partial charge in [-0.15, -0.1) is 0 Å². The Kier molecular flexibility index (Phi) is 5.00. The van der Waals surface area contributed by atoms with Crippen LogP contribution in [0.2, 0.25) is 0 Å². The molecule has 0 aromatic heterocycles. The van der Waals surface area contributed by atoms with Crippen LogP contribution in [-0.4, -0.2) is 18.4 Å². The zero-order valence-corrected chi connectivity index (χ0v) is 13.8. The summed E-state index contributed by atoms with van der Waals surface area (Å²) >= 11 is 0. The average Bonchev–Trinajstić information content (AvgIpc) is 2.56. The number of hydrogen-bond donors (Lipinski definition) is 2. The third kappa shape index (κ3) is 4.10. The van der Waals surface area contributed by atoms with Gasteiger partial charge in [-0.05, 0) is 31.2 Å². The molecule has 0 aliphatic heterocycles. The lowest BCUT2D eigenvalue weighted by Gasteiger charge is -2.06. The van der Waals surface area contributed by atoms with Crippen LogP contribution in [0, 0.1) is 22.4 Å². The van der Waals surface area contributed by atoms with Gasteiger partial charge in [-0.3, -0.25) is 10.1 Å². The normalized spacial score (nSPS) is 12.0. The maximum atomic E-state index is 12.2. The lowest BCUT2D eigenvalue weighted by atomic mass is 10.1. The summed E-state index contributed by atoms with van der Waals surface area (Å²) in [6, 6.07) is 10.6. The van der Waals surface area contributed by atoms with Crippen molar-refractivity contribution in [3.63, 3.8) is 0 Å². The Labute approximate surface area is 143 Å². The summed E-state index contributed by atoms with van der Waals surface area (Å²) in [6.07, 6.45) is 0. The highest BCUT2D eigenvalue weighted by Gasteiger charge is 2.27. The molecule has 0 saturated carbocycles. The van der Waals surface area contributed by atoms with Gasteiger partial charge in [0, 0.05) is 12.1 Å². The minimum absolute atomic E-state index is 0.0807. The first-order valence-corrected chi connectivity index (χ1v) is 8.35. The van der Waals surface area contributed by atoms with Crippen molar-refractivity contribution in [2.45, 2.75) is 11.8 Å². The van der Waals surface area contributed by atoms with Gasteiger partial charge in [-0.25, -0.2) is 13.1 Å². The standard InChI is InChI=1S/C15H12N4O5S/c1-10-2-8-13(9-3-10)25(23,24)18-15(20)14(17-16)11-4-6-12(7-5-11)19(21)22/h2-9,18H,1H3/p+1. The van der Waals surface area contributed by atoms with Crippen LogP contribution < -0.4 is 4.72 Å². The highest BCUT2D eigenvalue weighted by atomic mass is 32.2. The van der Waals surface area contributed by atoms with Crippen molar-refractivity contribution in [1.82, 2.24) is 4.72 Å². The molecule has 0 bridgehead atoms. The molecule has 0 unspecified atom stereocenters. The minimum atomic E-state index is -4.10. The number of nitro groups is 1. The van der Waals surface area contributed by atoms with Crippen molar-refractivity contribution in [3.05, 3.63) is 80.6 Å². The predicted octanol–water partition coefficient (Wildman–Crippen LogP) is 2.92. The van der Waals surface area contributed by atoms with Crippen molar-refractivity contribution < 1.29 is 18.4 Å². The van der Waals surface area contributed by atoms with Crippen molar-refractivity contribution in [3.8, 4) is 0 Å². The van der Waals surface area contributed by atoms with Gasteiger partial charge in [-0.1, -0.05) is 17.7 Å². The van der Waals surface area contributed by atoms with Crippen LogP contribution in [0.3, 0.4) is 0 Å². The molecule has 0 aliphatic rings. The molecule has 2 rings (SSSR count). The maximum Gasteiger partial charge on any atom is 0.451 e. The molecule has 25 heavy (non-hydrogen) atoms. The summed E-state index contributed by atoms with van der Waals surface area (Å²) in [6.45, 7) is 1.79. The van der Waals surface area contributed by atoms with Crippen LogP contribution in [0.5, 0.6) is 0 Å². The first-order valence-electron chi connectivity index (χ1n) is 6.87. The molecule has 9 nitrogen and oxygen atoms in total. The number of rotatable bonds is 5. The van der Waals surface area contributed by atoms with E-state index in [1.54, 1.807) is 19.1 Å². The number of nitro benzene ring substituents is 1. The van der Waals surface area contributed by atoms with E-state index >= 15 is 0 Å². The van der Waals surface area contributed by atoms with E-state index in [0.29, 0.717) is 0 Å². The number of aliphatic hydroxyl groups is 1. The Balaban J connectivity index is 2.37. The highest BCUT2D eigenvalue weighted by molar-refractivity contribution is 7.89. The van der Waals surface area contributed by atoms with Crippen LogP contribution in [0.1, 0.15) is 11.1 Å². The zero-order chi connectivity index (χ0) is 18.6. The number of aryl methyl sites for hydroxylation is 1. The second kappa shape index (κ2) is 6.98. The number of diazo groups is 1. The Hall–Kier alpha value is -3.45. The molecule has 2 aromatic carbocycles. The highest BCUT2D eigenvalue weighted by Crippen LogP contribution is 2.22. The molecule has 0 spiro atoms. The summed E-state index contributed by atoms with van der Waals surface area (Å²) in [7, 11) is -4.10. The van der Waals surface area contributed by atoms with Gasteiger partial charge in [0.25, 0.3) is 21.6 Å². The molecule has 10 heteroatoms. The van der Waals surface area contributed by atoms with Gasteiger partial charge in [0.05, 0.1) is 15.4 Å². The second-order valence-corrected chi connectivity index (χ2v) is 6.70. The molecule has 0 saturated heterocycles. The third-order valence-corrected chi connectivity index (χ3v) is 4.59. The van der Waals surface area contributed by atoms with Crippen molar-refractivity contribution >= 4 is 21.4 Å². The van der Waals surface area contributed by atoms with Crippen molar-refractivity contribution in [2.75, 3.05) is 0 Å². The minimum Gasteiger partial charge on any atom is -0.488 e. The molecule has 0 aliphatic carbocycles. The smallest absolute Gasteiger partial charge is 0.451 e. The fourth-order valence-corrected chi connectivity index (χ4v) is 2.90. The SMILES string of the molecule is Cc1ccc(S(=O)(=O)NC(O)=C([N+]#N)c2ccc([N+](=O)[O-])cc2)cc1. The molecule has 0 radical (unpaired) electrons. The van der Waals surface area contributed by atoms with Crippen LogP contribution >= 0.6 is 0 Å². The first-order chi connectivity index (χ1) is 11.7. The van der Waals surface area contributed by atoms with Crippen LogP contribution in [-0.2, 0) is 10.0 Å². The molecule has 0 fully saturated rings. The number of aliphatic hydroxyl groups excluding tert-OH is 1. The topological polar surface area (TPSA) is 138 Å². The number of nitrogens with one attached hydrogen (secondary N) is 1. The Morgan fingerprint density at radius 1 is 1.16 bits per heavy atom. The van der Waals surface area contributed by atoms with Gasteiger partial charge in [0.15, 0.2) is 4.98 Å².